The third kappa shape index (κ3) is 5.16. The van der Waals surface area contributed by atoms with E-state index in [1.165, 1.54) is 6.42 Å². The molecular formula is C24H34N4O4. The first-order valence-electron chi connectivity index (χ1n) is 11.6. The molecule has 4 rings (SSSR count). The van der Waals surface area contributed by atoms with Crippen molar-refractivity contribution in [3.8, 4) is 11.5 Å². The third-order valence-electron chi connectivity index (χ3n) is 6.28. The molecule has 1 aliphatic heterocycles. The molecule has 32 heavy (non-hydrogen) atoms. The monoisotopic (exact) mass is 442 g/mol. The van der Waals surface area contributed by atoms with Crippen molar-refractivity contribution in [2.45, 2.75) is 65.0 Å². The van der Waals surface area contributed by atoms with Crippen LogP contribution in [0.4, 0.5) is 5.69 Å². The number of piperazine rings is 1. The highest BCUT2D eigenvalue weighted by atomic mass is 16.5. The van der Waals surface area contributed by atoms with Crippen LogP contribution >= 0.6 is 0 Å². The number of benzene rings is 1. The molecule has 2 aliphatic rings. The normalized spacial score (nSPS) is 19.2. The average Bonchev–Trinajstić information content (AvgIpc) is 3.14. The lowest BCUT2D eigenvalue weighted by molar-refractivity contribution is -0.134. The number of hydrogen-bond acceptors (Lipinski definition) is 7. The van der Waals surface area contributed by atoms with Gasteiger partial charge in [-0.3, -0.25) is 4.79 Å². The second-order valence-electron chi connectivity index (χ2n) is 9.23. The lowest BCUT2D eigenvalue weighted by Gasteiger charge is -2.43. The van der Waals surface area contributed by atoms with Crippen LogP contribution in [0.15, 0.2) is 22.7 Å². The number of carbonyl (C=O) groups is 1. The van der Waals surface area contributed by atoms with Gasteiger partial charge in [0.1, 0.15) is 6.42 Å². The number of amides is 1. The van der Waals surface area contributed by atoms with Gasteiger partial charge in [0.25, 0.3) is 0 Å². The van der Waals surface area contributed by atoms with Gasteiger partial charge in [-0.05, 0) is 50.7 Å². The number of hydrogen-bond donors (Lipinski definition) is 0. The predicted octanol–water partition coefficient (Wildman–Crippen LogP) is 3.62. The zero-order chi connectivity index (χ0) is 22.7. The Hall–Kier alpha value is -2.77. The second kappa shape index (κ2) is 9.79. The quantitative estimate of drug-likeness (QED) is 0.618. The van der Waals surface area contributed by atoms with Gasteiger partial charge in [0.15, 0.2) is 17.3 Å². The smallest absolute Gasteiger partial charge is 0.236 e. The summed E-state index contributed by atoms with van der Waals surface area (Å²) in [5.41, 5.74) is 1.11. The lowest BCUT2D eigenvalue weighted by Crippen LogP contribution is -2.56. The average molecular weight is 443 g/mol. The summed E-state index contributed by atoms with van der Waals surface area (Å²) < 4.78 is 16.9. The molecule has 1 aromatic heterocycles. The summed E-state index contributed by atoms with van der Waals surface area (Å²) in [4.78, 5) is 21.6. The van der Waals surface area contributed by atoms with Crippen molar-refractivity contribution >= 4 is 11.6 Å². The largest absolute Gasteiger partial charge is 0.493 e. The number of ether oxygens (including phenoxy) is 2. The molecule has 0 N–H and O–H groups in total. The maximum atomic E-state index is 13.1. The Balaban J connectivity index is 1.48. The molecule has 1 aromatic carbocycles. The lowest BCUT2D eigenvalue weighted by atomic mass is 9.96. The van der Waals surface area contributed by atoms with E-state index in [0.717, 1.165) is 49.5 Å². The first-order chi connectivity index (χ1) is 15.4. The summed E-state index contributed by atoms with van der Waals surface area (Å²) >= 11 is 0. The molecule has 8 heteroatoms. The predicted molar refractivity (Wildman–Crippen MR) is 121 cm³/mol. The first-order valence-corrected chi connectivity index (χ1v) is 11.6. The fourth-order valence-electron chi connectivity index (χ4n) is 4.43. The van der Waals surface area contributed by atoms with Crippen LogP contribution in [-0.4, -0.2) is 59.8 Å². The highest BCUT2D eigenvalue weighted by molar-refractivity contribution is 5.78. The molecule has 1 saturated carbocycles. The van der Waals surface area contributed by atoms with Crippen LogP contribution in [0.25, 0.3) is 0 Å². The minimum Gasteiger partial charge on any atom is -0.493 e. The number of methoxy groups -OCH3 is 1. The zero-order valence-corrected chi connectivity index (χ0v) is 19.5. The van der Waals surface area contributed by atoms with Crippen LogP contribution in [0.3, 0.4) is 0 Å². The SMILES string of the molecule is COc1ccc(N2CCN(C(=O)Cc3nc(C)no3)[C@@H](CC(C)C)C2)cc1OC1CCC1. The van der Waals surface area contributed by atoms with E-state index < -0.39 is 0 Å². The number of rotatable bonds is 8. The van der Waals surface area contributed by atoms with Crippen LogP contribution < -0.4 is 14.4 Å². The van der Waals surface area contributed by atoms with Crippen molar-refractivity contribution in [3.05, 3.63) is 29.9 Å². The van der Waals surface area contributed by atoms with Crippen molar-refractivity contribution in [2.24, 2.45) is 5.92 Å². The van der Waals surface area contributed by atoms with Crippen molar-refractivity contribution in [3.63, 3.8) is 0 Å². The third-order valence-corrected chi connectivity index (χ3v) is 6.28. The van der Waals surface area contributed by atoms with Gasteiger partial charge >= 0.3 is 0 Å². The van der Waals surface area contributed by atoms with Crippen molar-refractivity contribution in [1.29, 1.82) is 0 Å². The molecule has 0 spiro atoms. The number of aryl methyl sites for hydroxylation is 1. The number of nitrogens with zero attached hydrogens (tertiary/aromatic N) is 4. The fourth-order valence-corrected chi connectivity index (χ4v) is 4.43. The number of anilines is 1. The number of carbonyl (C=O) groups excluding carboxylic acids is 1. The minimum absolute atomic E-state index is 0.0442. The number of aromatic nitrogens is 2. The van der Waals surface area contributed by atoms with E-state index in [2.05, 4.69) is 41.0 Å². The molecule has 2 fully saturated rings. The van der Waals surface area contributed by atoms with Gasteiger partial charge in [-0.2, -0.15) is 4.98 Å². The molecule has 174 valence electrons. The molecule has 1 atom stereocenters. The van der Waals surface area contributed by atoms with Gasteiger partial charge in [0, 0.05) is 37.4 Å². The van der Waals surface area contributed by atoms with E-state index in [-0.39, 0.29) is 24.5 Å². The van der Waals surface area contributed by atoms with E-state index in [9.17, 15) is 4.79 Å². The van der Waals surface area contributed by atoms with Gasteiger partial charge < -0.3 is 23.8 Å². The summed E-state index contributed by atoms with van der Waals surface area (Å²) in [5.74, 6) is 3.03. The van der Waals surface area contributed by atoms with E-state index in [4.69, 9.17) is 14.0 Å². The Morgan fingerprint density at radius 1 is 1.25 bits per heavy atom. The van der Waals surface area contributed by atoms with Crippen molar-refractivity contribution in [2.75, 3.05) is 31.6 Å². The zero-order valence-electron chi connectivity index (χ0n) is 19.5. The van der Waals surface area contributed by atoms with Crippen LogP contribution in [-0.2, 0) is 11.2 Å². The summed E-state index contributed by atoms with van der Waals surface area (Å²) in [6.45, 7) is 8.35. The molecule has 0 bridgehead atoms. The van der Waals surface area contributed by atoms with E-state index in [0.29, 0.717) is 24.2 Å². The van der Waals surface area contributed by atoms with Gasteiger partial charge in [-0.15, -0.1) is 0 Å². The van der Waals surface area contributed by atoms with E-state index in [1.807, 2.05) is 11.0 Å². The minimum atomic E-state index is 0.0442. The second-order valence-corrected chi connectivity index (χ2v) is 9.23. The van der Waals surface area contributed by atoms with Crippen LogP contribution in [0.2, 0.25) is 0 Å². The van der Waals surface area contributed by atoms with Gasteiger partial charge in [0.2, 0.25) is 11.8 Å². The highest BCUT2D eigenvalue weighted by Gasteiger charge is 2.32. The Morgan fingerprint density at radius 2 is 2.06 bits per heavy atom. The molecule has 0 unspecified atom stereocenters. The van der Waals surface area contributed by atoms with Gasteiger partial charge in [-0.25, -0.2) is 0 Å². The molecule has 2 aromatic rings. The first kappa shape index (κ1) is 22.4. The Labute approximate surface area is 189 Å². The Morgan fingerprint density at radius 3 is 2.69 bits per heavy atom. The van der Waals surface area contributed by atoms with Gasteiger partial charge in [-0.1, -0.05) is 19.0 Å². The molecule has 0 radical (unpaired) electrons. The van der Waals surface area contributed by atoms with E-state index >= 15 is 0 Å². The van der Waals surface area contributed by atoms with Crippen LogP contribution in [0.5, 0.6) is 11.5 Å². The van der Waals surface area contributed by atoms with E-state index in [1.54, 1.807) is 14.0 Å². The topological polar surface area (TPSA) is 80.9 Å². The van der Waals surface area contributed by atoms with Crippen molar-refractivity contribution in [1.82, 2.24) is 15.0 Å². The van der Waals surface area contributed by atoms with Crippen molar-refractivity contribution < 1.29 is 18.8 Å². The Bertz CT molecular complexity index is 924. The molecule has 1 saturated heterocycles. The Kier molecular flexibility index (Phi) is 6.86. The summed E-state index contributed by atoms with van der Waals surface area (Å²) in [6.07, 6.45) is 4.80. The standard InChI is InChI=1S/C24H34N4O4/c1-16(2)12-19-15-27(10-11-28(19)24(29)14-23-25-17(3)26-32-23)18-8-9-21(30-4)22(13-18)31-20-6-5-7-20/h8-9,13,16,19-20H,5-7,10-12,14-15H2,1-4H3/t19-/m0/s1. The van der Waals surface area contributed by atoms with Crippen LogP contribution in [0, 0.1) is 12.8 Å². The van der Waals surface area contributed by atoms with Crippen LogP contribution in [0.1, 0.15) is 51.2 Å². The molecule has 8 nitrogen and oxygen atoms in total. The molecule has 2 heterocycles. The molecular weight excluding hydrogens is 408 g/mol. The van der Waals surface area contributed by atoms with Gasteiger partial charge in [0.05, 0.1) is 13.2 Å². The fraction of sp³-hybridized carbons (Fsp3) is 0.625. The molecule has 1 amide bonds. The molecule has 1 aliphatic carbocycles. The maximum Gasteiger partial charge on any atom is 0.236 e. The summed E-state index contributed by atoms with van der Waals surface area (Å²) in [6, 6.07) is 6.27. The summed E-state index contributed by atoms with van der Waals surface area (Å²) in [5, 5.41) is 3.80. The highest BCUT2D eigenvalue weighted by Crippen LogP contribution is 2.36. The maximum absolute atomic E-state index is 13.1. The summed E-state index contributed by atoms with van der Waals surface area (Å²) in [7, 11) is 1.68.